The molecule has 0 saturated carbocycles. The average Bonchev–Trinajstić information content (AvgIpc) is 2.58. The van der Waals surface area contributed by atoms with Gasteiger partial charge in [0.2, 0.25) is 15.9 Å². The molecule has 0 aliphatic carbocycles. The highest BCUT2D eigenvalue weighted by molar-refractivity contribution is 7.89. The summed E-state index contributed by atoms with van der Waals surface area (Å²) < 4.78 is 27.9. The number of hydrogen-bond acceptors (Lipinski definition) is 4. The Bertz CT molecular complexity index is 725. The van der Waals surface area contributed by atoms with Crippen LogP contribution in [0.25, 0.3) is 0 Å². The highest BCUT2D eigenvalue weighted by Gasteiger charge is 2.34. The van der Waals surface area contributed by atoms with Crippen molar-refractivity contribution in [2.24, 2.45) is 5.92 Å². The quantitative estimate of drug-likeness (QED) is 0.810. The summed E-state index contributed by atoms with van der Waals surface area (Å²) in [6.45, 7) is 10.5. The van der Waals surface area contributed by atoms with E-state index < -0.39 is 10.0 Å². The van der Waals surface area contributed by atoms with Crippen LogP contribution in [0.15, 0.2) is 11.0 Å². The molecule has 1 aromatic carbocycles. The molecule has 1 saturated heterocycles. The van der Waals surface area contributed by atoms with Gasteiger partial charge in [-0.25, -0.2) is 13.9 Å². The fraction of sp³-hybridized carbons (Fsp3) is 0.611. The highest BCUT2D eigenvalue weighted by Crippen LogP contribution is 2.31. The number of benzene rings is 1. The van der Waals surface area contributed by atoms with E-state index in [0.29, 0.717) is 37.4 Å². The highest BCUT2D eigenvalue weighted by atomic mass is 32.2. The molecule has 1 aliphatic rings. The zero-order valence-electron chi connectivity index (χ0n) is 15.7. The molecule has 7 heteroatoms. The number of aryl methyl sites for hydroxylation is 2. The van der Waals surface area contributed by atoms with Gasteiger partial charge in [-0.3, -0.25) is 9.63 Å². The lowest BCUT2D eigenvalue weighted by Crippen LogP contribution is -2.43. The van der Waals surface area contributed by atoms with Crippen LogP contribution in [0, 0.1) is 33.6 Å². The van der Waals surface area contributed by atoms with E-state index in [0.717, 1.165) is 22.3 Å². The minimum Gasteiger partial charge on any atom is -0.274 e. The molecule has 1 fully saturated rings. The molecule has 0 atom stereocenters. The summed E-state index contributed by atoms with van der Waals surface area (Å²) in [7, 11) is -3.56. The monoisotopic (exact) mass is 368 g/mol. The Morgan fingerprint density at radius 1 is 1.16 bits per heavy atom. The number of carbonyl (C=O) groups excluding carboxylic acids is 1. The van der Waals surface area contributed by atoms with Crippen LogP contribution in [0.4, 0.5) is 0 Å². The number of piperidine rings is 1. The second-order valence-electron chi connectivity index (χ2n) is 6.67. The van der Waals surface area contributed by atoms with Crippen LogP contribution < -0.4 is 5.48 Å². The first-order valence-corrected chi connectivity index (χ1v) is 10.1. The number of hydroxylamine groups is 1. The predicted octanol–water partition coefficient (Wildman–Crippen LogP) is 2.39. The SMILES string of the molecule is CCONC(=O)C1CCN(S(=O)(=O)c2c(C)c(C)cc(C)c2C)CC1. The minimum absolute atomic E-state index is 0.169. The normalized spacial score (nSPS) is 16.8. The van der Waals surface area contributed by atoms with Crippen molar-refractivity contribution in [2.45, 2.75) is 52.4 Å². The zero-order valence-corrected chi connectivity index (χ0v) is 16.5. The van der Waals surface area contributed by atoms with E-state index in [4.69, 9.17) is 4.84 Å². The van der Waals surface area contributed by atoms with E-state index in [1.165, 1.54) is 4.31 Å². The van der Waals surface area contributed by atoms with E-state index in [9.17, 15) is 13.2 Å². The summed E-state index contributed by atoms with van der Waals surface area (Å²) in [5.74, 6) is -0.378. The van der Waals surface area contributed by atoms with Crippen molar-refractivity contribution >= 4 is 15.9 Å². The standard InChI is InChI=1S/C18H28N2O4S/c1-6-24-19-18(21)16-7-9-20(10-8-16)25(22,23)17-14(4)12(2)11-13(3)15(17)5/h11,16H,6-10H2,1-5H3,(H,19,21). The summed E-state index contributed by atoms with van der Waals surface area (Å²) in [5, 5.41) is 0. The summed E-state index contributed by atoms with van der Waals surface area (Å²) in [5.41, 5.74) is 5.98. The fourth-order valence-corrected chi connectivity index (χ4v) is 5.33. The fourth-order valence-electron chi connectivity index (χ4n) is 3.28. The van der Waals surface area contributed by atoms with Crippen LogP contribution in [0.2, 0.25) is 0 Å². The van der Waals surface area contributed by atoms with Crippen molar-refractivity contribution in [3.8, 4) is 0 Å². The third kappa shape index (κ3) is 4.04. The number of amides is 1. The maximum Gasteiger partial charge on any atom is 0.246 e. The van der Waals surface area contributed by atoms with Crippen LogP contribution in [0.1, 0.15) is 42.0 Å². The van der Waals surface area contributed by atoms with E-state index >= 15 is 0 Å². The molecule has 1 aromatic rings. The van der Waals surface area contributed by atoms with Gasteiger partial charge in [-0.05, 0) is 69.7 Å². The zero-order chi connectivity index (χ0) is 18.8. The van der Waals surface area contributed by atoms with Gasteiger partial charge in [-0.1, -0.05) is 6.07 Å². The average molecular weight is 368 g/mol. The van der Waals surface area contributed by atoms with Gasteiger partial charge >= 0.3 is 0 Å². The molecule has 6 nitrogen and oxygen atoms in total. The molecule has 1 N–H and O–H groups in total. The lowest BCUT2D eigenvalue weighted by molar-refractivity contribution is -0.138. The van der Waals surface area contributed by atoms with E-state index in [2.05, 4.69) is 5.48 Å². The molecule has 1 amide bonds. The van der Waals surface area contributed by atoms with Gasteiger partial charge in [-0.2, -0.15) is 4.31 Å². The summed E-state index contributed by atoms with van der Waals surface area (Å²) >= 11 is 0. The Hall–Kier alpha value is -1.44. The number of carbonyl (C=O) groups is 1. The molecule has 0 radical (unpaired) electrons. The lowest BCUT2D eigenvalue weighted by atomic mass is 9.98. The Morgan fingerprint density at radius 2 is 1.68 bits per heavy atom. The molecule has 2 rings (SSSR count). The van der Waals surface area contributed by atoms with Gasteiger partial charge in [0.05, 0.1) is 11.5 Å². The van der Waals surface area contributed by atoms with Gasteiger partial charge in [0.25, 0.3) is 0 Å². The molecule has 0 unspecified atom stereocenters. The van der Waals surface area contributed by atoms with Crippen LogP contribution in [-0.2, 0) is 19.7 Å². The van der Waals surface area contributed by atoms with Gasteiger partial charge in [0, 0.05) is 19.0 Å². The van der Waals surface area contributed by atoms with Crippen molar-refractivity contribution in [3.05, 3.63) is 28.3 Å². The first-order valence-electron chi connectivity index (χ1n) is 8.69. The Morgan fingerprint density at radius 3 is 2.16 bits per heavy atom. The number of hydrogen-bond donors (Lipinski definition) is 1. The van der Waals surface area contributed by atoms with Crippen molar-refractivity contribution in [3.63, 3.8) is 0 Å². The summed E-state index contributed by atoms with van der Waals surface area (Å²) in [4.78, 5) is 17.3. The van der Waals surface area contributed by atoms with Gasteiger partial charge in [0.1, 0.15) is 0 Å². The molecule has 0 aromatic heterocycles. The first-order chi connectivity index (χ1) is 11.7. The molecule has 1 aliphatic heterocycles. The second-order valence-corrected chi connectivity index (χ2v) is 8.54. The van der Waals surface area contributed by atoms with E-state index in [1.54, 1.807) is 6.92 Å². The van der Waals surface area contributed by atoms with E-state index in [1.807, 2.05) is 33.8 Å². The molecular weight excluding hydrogens is 340 g/mol. The summed E-state index contributed by atoms with van der Waals surface area (Å²) in [6.07, 6.45) is 1.00. The van der Waals surface area contributed by atoms with Crippen LogP contribution >= 0.6 is 0 Å². The Kier molecular flexibility index (Phi) is 6.24. The number of nitrogens with zero attached hydrogens (tertiary/aromatic N) is 1. The van der Waals surface area contributed by atoms with Crippen molar-refractivity contribution in [2.75, 3.05) is 19.7 Å². The Balaban J connectivity index is 2.20. The molecule has 0 spiro atoms. The maximum atomic E-state index is 13.2. The maximum absolute atomic E-state index is 13.2. The second kappa shape index (κ2) is 7.85. The smallest absolute Gasteiger partial charge is 0.246 e. The van der Waals surface area contributed by atoms with Crippen molar-refractivity contribution in [1.29, 1.82) is 0 Å². The third-order valence-corrected chi connectivity index (χ3v) is 7.21. The van der Waals surface area contributed by atoms with Crippen molar-refractivity contribution < 1.29 is 18.0 Å². The van der Waals surface area contributed by atoms with Gasteiger partial charge < -0.3 is 0 Å². The molecular formula is C18H28N2O4S. The third-order valence-electron chi connectivity index (χ3n) is 5.04. The number of sulfonamides is 1. The number of rotatable bonds is 5. The van der Waals surface area contributed by atoms with Crippen LogP contribution in [0.5, 0.6) is 0 Å². The molecule has 140 valence electrons. The Labute approximate surface area is 150 Å². The molecule has 0 bridgehead atoms. The van der Waals surface area contributed by atoms with Gasteiger partial charge in [0.15, 0.2) is 0 Å². The first kappa shape index (κ1) is 19.9. The van der Waals surface area contributed by atoms with Crippen LogP contribution in [-0.4, -0.2) is 38.3 Å². The van der Waals surface area contributed by atoms with Crippen LogP contribution in [0.3, 0.4) is 0 Å². The number of nitrogens with one attached hydrogen (secondary N) is 1. The molecule has 25 heavy (non-hydrogen) atoms. The topological polar surface area (TPSA) is 75.7 Å². The predicted molar refractivity (Wildman–Crippen MR) is 96.6 cm³/mol. The largest absolute Gasteiger partial charge is 0.274 e. The van der Waals surface area contributed by atoms with Gasteiger partial charge in [-0.15, -0.1) is 0 Å². The molecule has 1 heterocycles. The minimum atomic E-state index is -3.56. The van der Waals surface area contributed by atoms with E-state index in [-0.39, 0.29) is 11.8 Å². The summed E-state index contributed by atoms with van der Waals surface area (Å²) in [6, 6.07) is 2.02. The van der Waals surface area contributed by atoms with Crippen molar-refractivity contribution in [1.82, 2.24) is 9.79 Å². The lowest BCUT2D eigenvalue weighted by Gasteiger charge is -2.31.